The van der Waals surface area contributed by atoms with E-state index in [0.29, 0.717) is 35.6 Å². The maximum Gasteiger partial charge on any atom is 0.210 e. The summed E-state index contributed by atoms with van der Waals surface area (Å²) in [7, 11) is 0. The molecule has 1 aliphatic carbocycles. The SMILES string of the molecule is O=C1C(=Nc2ccccc2)C(N2CCN(c3ccccc3)CC2)C(=O)c2ccccc21. The van der Waals surface area contributed by atoms with Gasteiger partial charge in [-0.05, 0) is 24.3 Å². The summed E-state index contributed by atoms with van der Waals surface area (Å²) in [6.45, 7) is 2.97. The number of aliphatic imine (C=N–C) groups is 1. The van der Waals surface area contributed by atoms with Gasteiger partial charge in [-0.1, -0.05) is 60.7 Å². The van der Waals surface area contributed by atoms with E-state index in [1.54, 1.807) is 18.2 Å². The summed E-state index contributed by atoms with van der Waals surface area (Å²) in [5, 5.41) is 0. The van der Waals surface area contributed by atoms with E-state index in [4.69, 9.17) is 0 Å². The fraction of sp³-hybridized carbons (Fsp3) is 0.192. The first kappa shape index (κ1) is 19.4. The third-order valence-electron chi connectivity index (χ3n) is 5.98. The second-order valence-corrected chi connectivity index (χ2v) is 7.83. The highest BCUT2D eigenvalue weighted by Crippen LogP contribution is 2.27. The second kappa shape index (κ2) is 8.28. The maximum absolute atomic E-state index is 13.5. The molecule has 1 aliphatic heterocycles. The van der Waals surface area contributed by atoms with Crippen LogP contribution in [0, 0.1) is 0 Å². The van der Waals surface area contributed by atoms with Gasteiger partial charge in [0, 0.05) is 43.0 Å². The average Bonchev–Trinajstić information content (AvgIpc) is 2.84. The molecule has 5 heteroatoms. The van der Waals surface area contributed by atoms with E-state index in [-0.39, 0.29) is 11.6 Å². The Morgan fingerprint density at radius 3 is 1.94 bits per heavy atom. The van der Waals surface area contributed by atoms with Gasteiger partial charge in [-0.3, -0.25) is 14.5 Å². The molecule has 154 valence electrons. The monoisotopic (exact) mass is 409 g/mol. The molecule has 0 amide bonds. The summed E-state index contributed by atoms with van der Waals surface area (Å²) >= 11 is 0. The second-order valence-electron chi connectivity index (χ2n) is 7.83. The number of benzene rings is 3. The molecule has 5 nitrogen and oxygen atoms in total. The lowest BCUT2D eigenvalue weighted by molar-refractivity contribution is 0.0846. The summed E-state index contributed by atoms with van der Waals surface area (Å²) in [4.78, 5) is 36.0. The van der Waals surface area contributed by atoms with Gasteiger partial charge in [0.2, 0.25) is 5.78 Å². The topological polar surface area (TPSA) is 53.0 Å². The average molecular weight is 409 g/mol. The van der Waals surface area contributed by atoms with Crippen molar-refractivity contribution in [2.24, 2.45) is 4.99 Å². The first-order valence-electron chi connectivity index (χ1n) is 10.6. The fourth-order valence-corrected chi connectivity index (χ4v) is 4.40. The maximum atomic E-state index is 13.5. The minimum Gasteiger partial charge on any atom is -0.369 e. The van der Waals surface area contributed by atoms with Crippen molar-refractivity contribution < 1.29 is 9.59 Å². The van der Waals surface area contributed by atoms with Crippen LogP contribution in [0.25, 0.3) is 0 Å². The predicted octanol–water partition coefficient (Wildman–Crippen LogP) is 4.03. The van der Waals surface area contributed by atoms with Gasteiger partial charge in [0.1, 0.15) is 11.8 Å². The third-order valence-corrected chi connectivity index (χ3v) is 5.98. The van der Waals surface area contributed by atoms with Crippen molar-refractivity contribution in [3.63, 3.8) is 0 Å². The molecule has 1 atom stereocenters. The normalized spacial score (nSPS) is 20.7. The Bertz CT molecular complexity index is 1130. The number of anilines is 1. The zero-order chi connectivity index (χ0) is 21.2. The van der Waals surface area contributed by atoms with Crippen LogP contribution in [0.3, 0.4) is 0 Å². The Morgan fingerprint density at radius 1 is 0.677 bits per heavy atom. The van der Waals surface area contributed by atoms with Gasteiger partial charge in [0.05, 0.1) is 5.69 Å². The van der Waals surface area contributed by atoms with Gasteiger partial charge in [-0.15, -0.1) is 0 Å². The van der Waals surface area contributed by atoms with Crippen molar-refractivity contribution in [1.82, 2.24) is 4.90 Å². The fourth-order valence-electron chi connectivity index (χ4n) is 4.40. The Labute approximate surface area is 181 Å². The van der Waals surface area contributed by atoms with Crippen molar-refractivity contribution in [3.05, 3.63) is 96.1 Å². The lowest BCUT2D eigenvalue weighted by Crippen LogP contribution is -2.58. The number of piperazine rings is 1. The number of Topliss-reactive ketones (excluding diaryl/α,β-unsaturated/α-hetero) is 2. The van der Waals surface area contributed by atoms with Crippen LogP contribution in [-0.2, 0) is 0 Å². The number of carbonyl (C=O) groups excluding carboxylic acids is 2. The van der Waals surface area contributed by atoms with E-state index in [0.717, 1.165) is 13.1 Å². The molecular formula is C26H23N3O2. The lowest BCUT2D eigenvalue weighted by Gasteiger charge is -2.41. The minimum absolute atomic E-state index is 0.0435. The number of rotatable bonds is 3. The number of nitrogens with zero attached hydrogens (tertiary/aromatic N) is 3. The van der Waals surface area contributed by atoms with Crippen molar-refractivity contribution in [2.45, 2.75) is 6.04 Å². The minimum atomic E-state index is -0.652. The molecule has 0 saturated carbocycles. The molecule has 1 heterocycles. The summed E-state index contributed by atoms with van der Waals surface area (Å²) in [5.41, 5.74) is 3.13. The first-order chi connectivity index (χ1) is 15.2. The number of ketones is 2. The largest absolute Gasteiger partial charge is 0.369 e. The van der Waals surface area contributed by atoms with Crippen molar-refractivity contribution in [2.75, 3.05) is 31.1 Å². The van der Waals surface area contributed by atoms with Crippen LogP contribution in [0.2, 0.25) is 0 Å². The molecule has 0 aromatic heterocycles. The third kappa shape index (κ3) is 3.68. The number of hydrogen-bond acceptors (Lipinski definition) is 5. The predicted molar refractivity (Wildman–Crippen MR) is 123 cm³/mol. The summed E-state index contributed by atoms with van der Waals surface area (Å²) < 4.78 is 0. The highest BCUT2D eigenvalue weighted by atomic mass is 16.1. The molecule has 0 bridgehead atoms. The van der Waals surface area contributed by atoms with Crippen molar-refractivity contribution >= 4 is 28.7 Å². The number of para-hydroxylation sites is 2. The zero-order valence-corrected chi connectivity index (χ0v) is 17.1. The summed E-state index contributed by atoms with van der Waals surface area (Å²) in [5.74, 6) is -0.201. The molecule has 31 heavy (non-hydrogen) atoms. The molecule has 5 rings (SSSR count). The lowest BCUT2D eigenvalue weighted by atomic mass is 9.83. The number of carbonyl (C=O) groups is 2. The highest BCUT2D eigenvalue weighted by Gasteiger charge is 2.42. The number of fused-ring (bicyclic) bond motifs is 1. The Hall–Kier alpha value is -3.57. The van der Waals surface area contributed by atoms with Crippen LogP contribution in [-0.4, -0.2) is 54.4 Å². The molecule has 1 unspecified atom stereocenters. The van der Waals surface area contributed by atoms with Crippen molar-refractivity contribution in [3.8, 4) is 0 Å². The zero-order valence-electron chi connectivity index (χ0n) is 17.1. The summed E-state index contributed by atoms with van der Waals surface area (Å²) in [6, 6.07) is 26.1. The molecular weight excluding hydrogens is 386 g/mol. The van der Waals surface area contributed by atoms with Crippen LogP contribution < -0.4 is 4.90 Å². The van der Waals surface area contributed by atoms with E-state index < -0.39 is 6.04 Å². The summed E-state index contributed by atoms with van der Waals surface area (Å²) in [6.07, 6.45) is 0. The smallest absolute Gasteiger partial charge is 0.210 e. The molecule has 1 saturated heterocycles. The quantitative estimate of drug-likeness (QED) is 0.655. The first-order valence-corrected chi connectivity index (χ1v) is 10.6. The standard InChI is InChI=1S/C26H23N3O2/c30-25-21-13-7-8-14-22(21)26(31)24(23(25)27-19-9-3-1-4-10-19)29-17-15-28(16-18-29)20-11-5-2-6-12-20/h1-14,24H,15-18H2. The molecule has 1 fully saturated rings. The van der Waals surface area contributed by atoms with Crippen molar-refractivity contribution in [1.29, 1.82) is 0 Å². The van der Waals surface area contributed by atoms with E-state index in [9.17, 15) is 9.59 Å². The van der Waals surface area contributed by atoms with Gasteiger partial charge < -0.3 is 4.90 Å². The van der Waals surface area contributed by atoms with E-state index in [2.05, 4.69) is 26.9 Å². The molecule has 3 aromatic rings. The molecule has 0 N–H and O–H groups in total. The number of hydrogen-bond donors (Lipinski definition) is 0. The van der Waals surface area contributed by atoms with Crippen LogP contribution in [0.1, 0.15) is 20.7 Å². The van der Waals surface area contributed by atoms with Crippen LogP contribution in [0.5, 0.6) is 0 Å². The van der Waals surface area contributed by atoms with Gasteiger partial charge in [-0.2, -0.15) is 0 Å². The Morgan fingerprint density at radius 2 is 1.26 bits per heavy atom. The van der Waals surface area contributed by atoms with Gasteiger partial charge in [-0.25, -0.2) is 4.99 Å². The van der Waals surface area contributed by atoms with Crippen LogP contribution >= 0.6 is 0 Å². The Kier molecular flexibility index (Phi) is 5.18. The Balaban J connectivity index is 1.49. The van der Waals surface area contributed by atoms with Crippen LogP contribution in [0.15, 0.2) is 89.9 Å². The van der Waals surface area contributed by atoms with E-state index >= 15 is 0 Å². The van der Waals surface area contributed by atoms with Gasteiger partial charge in [0.15, 0.2) is 5.78 Å². The molecule has 3 aromatic carbocycles. The van der Waals surface area contributed by atoms with Gasteiger partial charge in [0.25, 0.3) is 0 Å². The molecule has 0 radical (unpaired) electrons. The van der Waals surface area contributed by atoms with E-state index in [1.807, 2.05) is 54.6 Å². The molecule has 2 aliphatic rings. The highest BCUT2D eigenvalue weighted by molar-refractivity contribution is 6.55. The van der Waals surface area contributed by atoms with Crippen LogP contribution in [0.4, 0.5) is 11.4 Å². The molecule has 0 spiro atoms. The van der Waals surface area contributed by atoms with Gasteiger partial charge >= 0.3 is 0 Å². The van der Waals surface area contributed by atoms with E-state index in [1.165, 1.54) is 5.69 Å².